The smallest absolute Gasteiger partial charge is 0.335 e. The summed E-state index contributed by atoms with van der Waals surface area (Å²) in [5.74, 6) is 0.190. The number of rotatable bonds is 5. The molecule has 0 spiro atoms. The SMILES string of the molecule is Nc1c(Nc2ccc(C(=O)O)cc2)ncnc1NC1CCCCC1. The number of benzene rings is 1. The summed E-state index contributed by atoms with van der Waals surface area (Å²) in [7, 11) is 0. The second kappa shape index (κ2) is 7.16. The summed E-state index contributed by atoms with van der Waals surface area (Å²) >= 11 is 0. The van der Waals surface area contributed by atoms with Crippen molar-refractivity contribution >= 4 is 29.0 Å². The molecule has 24 heavy (non-hydrogen) atoms. The Hall–Kier alpha value is -2.83. The zero-order valence-corrected chi connectivity index (χ0v) is 13.3. The van der Waals surface area contributed by atoms with Gasteiger partial charge < -0.3 is 21.5 Å². The number of carbonyl (C=O) groups is 1. The van der Waals surface area contributed by atoms with Gasteiger partial charge in [0.25, 0.3) is 0 Å². The van der Waals surface area contributed by atoms with Crippen LogP contribution < -0.4 is 16.4 Å². The molecule has 0 aliphatic heterocycles. The highest BCUT2D eigenvalue weighted by atomic mass is 16.4. The third-order valence-electron chi connectivity index (χ3n) is 4.22. The molecule has 0 atom stereocenters. The summed E-state index contributed by atoms with van der Waals surface area (Å²) < 4.78 is 0. The quantitative estimate of drug-likeness (QED) is 0.666. The van der Waals surface area contributed by atoms with Crippen molar-refractivity contribution < 1.29 is 9.90 Å². The Morgan fingerprint density at radius 2 is 1.75 bits per heavy atom. The van der Waals surface area contributed by atoms with Crippen molar-refractivity contribution in [3.05, 3.63) is 36.2 Å². The maximum Gasteiger partial charge on any atom is 0.335 e. The largest absolute Gasteiger partial charge is 0.478 e. The molecule has 0 unspecified atom stereocenters. The fourth-order valence-electron chi connectivity index (χ4n) is 2.88. The van der Waals surface area contributed by atoms with Gasteiger partial charge in [-0.25, -0.2) is 14.8 Å². The highest BCUT2D eigenvalue weighted by Gasteiger charge is 2.16. The van der Waals surface area contributed by atoms with E-state index in [1.54, 1.807) is 12.1 Å². The molecule has 1 saturated carbocycles. The molecule has 0 radical (unpaired) electrons. The van der Waals surface area contributed by atoms with Crippen LogP contribution in [0, 0.1) is 0 Å². The number of aromatic nitrogens is 2. The van der Waals surface area contributed by atoms with E-state index < -0.39 is 5.97 Å². The molecule has 5 N–H and O–H groups in total. The van der Waals surface area contributed by atoms with Crippen LogP contribution >= 0.6 is 0 Å². The topological polar surface area (TPSA) is 113 Å². The highest BCUT2D eigenvalue weighted by Crippen LogP contribution is 2.28. The molecule has 1 aromatic carbocycles. The molecule has 7 nitrogen and oxygen atoms in total. The van der Waals surface area contributed by atoms with Crippen LogP contribution in [0.5, 0.6) is 0 Å². The van der Waals surface area contributed by atoms with Gasteiger partial charge in [-0.3, -0.25) is 0 Å². The van der Waals surface area contributed by atoms with Gasteiger partial charge in [-0.05, 0) is 37.1 Å². The average Bonchev–Trinajstić information content (AvgIpc) is 2.60. The second-order valence-corrected chi connectivity index (χ2v) is 5.97. The van der Waals surface area contributed by atoms with Crippen LogP contribution in [0.25, 0.3) is 0 Å². The third-order valence-corrected chi connectivity index (χ3v) is 4.22. The minimum atomic E-state index is -0.956. The molecule has 0 bridgehead atoms. The van der Waals surface area contributed by atoms with E-state index in [1.165, 1.54) is 37.7 Å². The molecule has 1 aliphatic rings. The molecular weight excluding hydrogens is 306 g/mol. The first-order chi connectivity index (χ1) is 11.6. The standard InChI is InChI=1S/C17H21N5O2/c18-14-15(21-12-4-2-1-3-5-12)19-10-20-16(14)22-13-8-6-11(7-9-13)17(23)24/h6-10,12H,1-5,18H2,(H,23,24)(H2,19,20,21,22). The van der Waals surface area contributed by atoms with Crippen LogP contribution in [0.1, 0.15) is 42.5 Å². The van der Waals surface area contributed by atoms with Crippen molar-refractivity contribution in [3.8, 4) is 0 Å². The van der Waals surface area contributed by atoms with Gasteiger partial charge >= 0.3 is 5.97 Å². The van der Waals surface area contributed by atoms with Crippen LogP contribution in [0.15, 0.2) is 30.6 Å². The van der Waals surface area contributed by atoms with Gasteiger partial charge in [-0.15, -0.1) is 0 Å². The summed E-state index contributed by atoms with van der Waals surface area (Å²) in [5.41, 5.74) is 7.59. The van der Waals surface area contributed by atoms with Crippen molar-refractivity contribution in [2.75, 3.05) is 16.4 Å². The van der Waals surface area contributed by atoms with Crippen molar-refractivity contribution in [3.63, 3.8) is 0 Å². The lowest BCUT2D eigenvalue weighted by molar-refractivity contribution is 0.0697. The summed E-state index contributed by atoms with van der Waals surface area (Å²) in [5, 5.41) is 15.4. The number of nitrogens with zero attached hydrogens (tertiary/aromatic N) is 2. The average molecular weight is 327 g/mol. The molecule has 0 saturated heterocycles. The molecule has 126 valence electrons. The molecule has 3 rings (SSSR count). The summed E-state index contributed by atoms with van der Waals surface area (Å²) in [6.45, 7) is 0. The van der Waals surface area contributed by atoms with E-state index in [-0.39, 0.29) is 5.56 Å². The lowest BCUT2D eigenvalue weighted by Gasteiger charge is -2.24. The van der Waals surface area contributed by atoms with E-state index in [4.69, 9.17) is 10.8 Å². The lowest BCUT2D eigenvalue weighted by atomic mass is 9.95. The summed E-state index contributed by atoms with van der Waals surface area (Å²) in [4.78, 5) is 19.3. The number of aromatic carboxylic acids is 1. The van der Waals surface area contributed by atoms with E-state index in [0.717, 1.165) is 12.8 Å². The Morgan fingerprint density at radius 1 is 1.08 bits per heavy atom. The normalized spacial score (nSPS) is 15.0. The van der Waals surface area contributed by atoms with Gasteiger partial charge in [0.1, 0.15) is 12.0 Å². The van der Waals surface area contributed by atoms with Gasteiger partial charge in [-0.1, -0.05) is 19.3 Å². The Labute approximate surface area is 140 Å². The lowest BCUT2D eigenvalue weighted by Crippen LogP contribution is -2.23. The second-order valence-electron chi connectivity index (χ2n) is 5.97. The summed E-state index contributed by atoms with van der Waals surface area (Å²) in [6.07, 6.45) is 7.46. The molecule has 1 aromatic heterocycles. The Bertz CT molecular complexity index is 711. The molecular formula is C17H21N5O2. The number of nitrogens with two attached hydrogens (primary N) is 1. The maximum absolute atomic E-state index is 10.9. The van der Waals surface area contributed by atoms with Crippen molar-refractivity contribution in [2.24, 2.45) is 0 Å². The monoisotopic (exact) mass is 327 g/mol. The zero-order chi connectivity index (χ0) is 16.9. The Morgan fingerprint density at radius 3 is 2.42 bits per heavy atom. The van der Waals surface area contributed by atoms with Crippen LogP contribution in [-0.2, 0) is 0 Å². The fraction of sp³-hybridized carbons (Fsp3) is 0.353. The molecule has 1 heterocycles. The van der Waals surface area contributed by atoms with Gasteiger partial charge in [0.2, 0.25) is 0 Å². The van der Waals surface area contributed by atoms with Gasteiger partial charge in [0.05, 0.1) is 5.56 Å². The van der Waals surface area contributed by atoms with Crippen molar-refractivity contribution in [1.82, 2.24) is 9.97 Å². The Kier molecular flexibility index (Phi) is 4.79. The number of carboxylic acid groups (broad SMARTS) is 1. The van der Waals surface area contributed by atoms with Crippen molar-refractivity contribution in [1.29, 1.82) is 0 Å². The number of anilines is 4. The molecule has 0 amide bonds. The molecule has 1 fully saturated rings. The van der Waals surface area contributed by atoms with Gasteiger partial charge in [-0.2, -0.15) is 0 Å². The maximum atomic E-state index is 10.9. The predicted molar refractivity (Wildman–Crippen MR) is 93.6 cm³/mol. The van der Waals surface area contributed by atoms with Crippen LogP contribution in [0.2, 0.25) is 0 Å². The van der Waals surface area contributed by atoms with Crippen LogP contribution in [0.4, 0.5) is 23.0 Å². The first-order valence-corrected chi connectivity index (χ1v) is 8.11. The van der Waals surface area contributed by atoms with E-state index >= 15 is 0 Å². The van der Waals surface area contributed by atoms with E-state index in [1.807, 2.05) is 0 Å². The van der Waals surface area contributed by atoms with Crippen LogP contribution in [0.3, 0.4) is 0 Å². The van der Waals surface area contributed by atoms with Gasteiger partial charge in [0.15, 0.2) is 11.6 Å². The fourth-order valence-corrected chi connectivity index (χ4v) is 2.88. The van der Waals surface area contributed by atoms with E-state index in [2.05, 4.69) is 20.6 Å². The van der Waals surface area contributed by atoms with E-state index in [0.29, 0.717) is 29.1 Å². The van der Waals surface area contributed by atoms with Crippen LogP contribution in [-0.4, -0.2) is 27.1 Å². The number of hydrogen-bond acceptors (Lipinski definition) is 6. The molecule has 7 heteroatoms. The number of nitrogens with one attached hydrogen (secondary N) is 2. The highest BCUT2D eigenvalue weighted by molar-refractivity contribution is 5.88. The molecule has 1 aliphatic carbocycles. The third kappa shape index (κ3) is 3.73. The number of nitrogen functional groups attached to an aromatic ring is 1. The predicted octanol–water partition coefficient (Wildman–Crippen LogP) is 3.25. The summed E-state index contributed by atoms with van der Waals surface area (Å²) in [6, 6.07) is 6.82. The first-order valence-electron chi connectivity index (χ1n) is 8.11. The van der Waals surface area contributed by atoms with Crippen molar-refractivity contribution in [2.45, 2.75) is 38.1 Å². The van der Waals surface area contributed by atoms with Gasteiger partial charge in [0, 0.05) is 11.7 Å². The van der Waals surface area contributed by atoms with E-state index in [9.17, 15) is 4.79 Å². The number of carboxylic acids is 1. The number of hydrogen-bond donors (Lipinski definition) is 4. The zero-order valence-electron chi connectivity index (χ0n) is 13.3. The minimum Gasteiger partial charge on any atom is -0.478 e. The minimum absolute atomic E-state index is 0.232. The molecule has 2 aromatic rings. The first kappa shape index (κ1) is 16.0. The Balaban J connectivity index is 1.73.